The molecule has 0 aliphatic carbocycles. The fourth-order valence-corrected chi connectivity index (χ4v) is 4.95. The van der Waals surface area contributed by atoms with Crippen LogP contribution < -0.4 is 5.32 Å². The van der Waals surface area contributed by atoms with Gasteiger partial charge in [-0.3, -0.25) is 9.48 Å². The number of hydrogen-bond acceptors (Lipinski definition) is 6. The van der Waals surface area contributed by atoms with Gasteiger partial charge in [0.05, 0.1) is 34.5 Å². The summed E-state index contributed by atoms with van der Waals surface area (Å²) in [7, 11) is -3.70. The third kappa shape index (κ3) is 5.36. The molecule has 0 spiro atoms. The van der Waals surface area contributed by atoms with E-state index in [0.717, 1.165) is 0 Å². The molecule has 1 saturated heterocycles. The van der Waals surface area contributed by atoms with E-state index >= 15 is 0 Å². The molecule has 1 aliphatic rings. The van der Waals surface area contributed by atoms with Crippen LogP contribution in [0.4, 0.5) is 5.69 Å². The average molecular weight is 463 g/mol. The Labute approximate surface area is 188 Å². The lowest BCUT2D eigenvalue weighted by molar-refractivity contribution is -0.120. The third-order valence-electron chi connectivity index (χ3n) is 5.37. The Kier molecular flexibility index (Phi) is 7.04. The van der Waals surface area contributed by atoms with Gasteiger partial charge in [0.25, 0.3) is 0 Å². The van der Waals surface area contributed by atoms with Crippen molar-refractivity contribution in [3.63, 3.8) is 0 Å². The maximum absolute atomic E-state index is 13.0. The summed E-state index contributed by atoms with van der Waals surface area (Å²) in [4.78, 5) is 24.5. The van der Waals surface area contributed by atoms with Crippen molar-refractivity contribution >= 4 is 27.6 Å². The van der Waals surface area contributed by atoms with Gasteiger partial charge in [-0.1, -0.05) is 0 Å². The Morgan fingerprint density at radius 3 is 2.31 bits per heavy atom. The molecule has 32 heavy (non-hydrogen) atoms. The van der Waals surface area contributed by atoms with Crippen LogP contribution in [0.25, 0.3) is 0 Å². The summed E-state index contributed by atoms with van der Waals surface area (Å²) in [5.41, 5.74) is 0.745. The van der Waals surface area contributed by atoms with Gasteiger partial charge in [-0.25, -0.2) is 13.2 Å². The summed E-state index contributed by atoms with van der Waals surface area (Å²) in [6.45, 7) is 8.52. The highest BCUT2D eigenvalue weighted by molar-refractivity contribution is 7.89. The van der Waals surface area contributed by atoms with Gasteiger partial charge >= 0.3 is 5.97 Å². The van der Waals surface area contributed by atoms with Gasteiger partial charge in [0.2, 0.25) is 15.9 Å². The van der Waals surface area contributed by atoms with Crippen LogP contribution in [0.3, 0.4) is 0 Å². The lowest BCUT2D eigenvalue weighted by Crippen LogP contribution is -2.41. The Morgan fingerprint density at radius 2 is 1.78 bits per heavy atom. The van der Waals surface area contributed by atoms with Gasteiger partial charge < -0.3 is 10.1 Å². The first-order valence-corrected chi connectivity index (χ1v) is 12.1. The molecule has 1 amide bonds. The van der Waals surface area contributed by atoms with Crippen LogP contribution in [0.15, 0.2) is 41.6 Å². The molecule has 3 rings (SSSR count). The standard InChI is InChI=1S/C22H30N4O5S/c1-5-31-21(28)17-6-8-19(9-7-17)32(29,30)25-12-10-16(11-13-25)20(27)24-18-14-23-26(15-18)22(2,3)4/h6-9,14-16H,5,10-13H2,1-4H3,(H,24,27). The molecule has 1 N–H and O–H groups in total. The zero-order valence-electron chi connectivity index (χ0n) is 18.9. The summed E-state index contributed by atoms with van der Waals surface area (Å²) in [6, 6.07) is 5.71. The molecule has 2 aromatic rings. The monoisotopic (exact) mass is 462 g/mol. The topological polar surface area (TPSA) is 111 Å². The van der Waals surface area contributed by atoms with Gasteiger partial charge in [0, 0.05) is 25.2 Å². The predicted molar refractivity (Wildman–Crippen MR) is 120 cm³/mol. The molecule has 1 fully saturated rings. The highest BCUT2D eigenvalue weighted by atomic mass is 32.2. The SMILES string of the molecule is CCOC(=O)c1ccc(S(=O)(=O)N2CCC(C(=O)Nc3cnn(C(C)(C)C)c3)CC2)cc1. The van der Waals surface area contributed by atoms with Crippen molar-refractivity contribution in [2.75, 3.05) is 25.0 Å². The molecule has 1 aliphatic heterocycles. The lowest BCUT2D eigenvalue weighted by atomic mass is 9.97. The van der Waals surface area contributed by atoms with Gasteiger partial charge in [-0.05, 0) is 64.8 Å². The molecule has 9 nitrogen and oxygen atoms in total. The molecule has 0 atom stereocenters. The molecule has 1 aromatic carbocycles. The summed E-state index contributed by atoms with van der Waals surface area (Å²) >= 11 is 0. The van der Waals surface area contributed by atoms with Gasteiger partial charge in [-0.2, -0.15) is 9.40 Å². The fraction of sp³-hybridized carbons (Fsp3) is 0.500. The molecule has 0 bridgehead atoms. The Balaban J connectivity index is 1.59. The minimum absolute atomic E-state index is 0.114. The molecule has 0 unspecified atom stereocenters. The molecule has 0 radical (unpaired) electrons. The summed E-state index contributed by atoms with van der Waals surface area (Å²) in [5.74, 6) is -0.892. The number of nitrogens with one attached hydrogen (secondary N) is 1. The van der Waals surface area contributed by atoms with E-state index in [0.29, 0.717) is 24.1 Å². The first-order valence-electron chi connectivity index (χ1n) is 10.7. The van der Waals surface area contributed by atoms with Crippen LogP contribution in [0.2, 0.25) is 0 Å². The first-order chi connectivity index (χ1) is 15.0. The second-order valence-electron chi connectivity index (χ2n) is 8.76. The molecule has 0 saturated carbocycles. The smallest absolute Gasteiger partial charge is 0.338 e. The number of hydrogen-bond donors (Lipinski definition) is 1. The zero-order chi connectivity index (χ0) is 23.5. The summed E-state index contributed by atoms with van der Waals surface area (Å²) < 4.78 is 34.0. The van der Waals surface area contributed by atoms with Crippen molar-refractivity contribution in [3.8, 4) is 0 Å². The van der Waals surface area contributed by atoms with E-state index in [1.807, 2.05) is 20.8 Å². The Hall–Kier alpha value is -2.72. The van der Waals surface area contributed by atoms with Crippen LogP contribution in [0.5, 0.6) is 0 Å². The van der Waals surface area contributed by atoms with E-state index in [-0.39, 0.29) is 42.0 Å². The zero-order valence-corrected chi connectivity index (χ0v) is 19.7. The fourth-order valence-electron chi connectivity index (χ4n) is 3.48. The highest BCUT2D eigenvalue weighted by Crippen LogP contribution is 2.25. The molecule has 2 heterocycles. The third-order valence-corrected chi connectivity index (χ3v) is 7.28. The first kappa shape index (κ1) is 23.9. The minimum atomic E-state index is -3.70. The number of amides is 1. The van der Waals surface area contributed by atoms with Crippen LogP contribution in [0.1, 0.15) is 50.9 Å². The summed E-state index contributed by atoms with van der Waals surface area (Å²) in [5, 5.41) is 7.16. The second-order valence-corrected chi connectivity index (χ2v) is 10.7. The van der Waals surface area contributed by atoms with E-state index in [2.05, 4.69) is 10.4 Å². The minimum Gasteiger partial charge on any atom is -0.462 e. The maximum Gasteiger partial charge on any atom is 0.338 e. The van der Waals surface area contributed by atoms with Crippen molar-refractivity contribution < 1.29 is 22.7 Å². The van der Waals surface area contributed by atoms with E-state index in [1.165, 1.54) is 28.6 Å². The predicted octanol–water partition coefficient (Wildman–Crippen LogP) is 2.85. The number of aromatic nitrogens is 2. The van der Waals surface area contributed by atoms with Crippen LogP contribution in [0, 0.1) is 5.92 Å². The van der Waals surface area contributed by atoms with E-state index in [1.54, 1.807) is 24.0 Å². The number of ether oxygens (including phenoxy) is 1. The van der Waals surface area contributed by atoms with Crippen LogP contribution in [-0.2, 0) is 25.1 Å². The number of benzene rings is 1. The van der Waals surface area contributed by atoms with Crippen molar-refractivity contribution in [2.24, 2.45) is 5.92 Å². The number of anilines is 1. The van der Waals surface area contributed by atoms with Gasteiger partial charge in [0.1, 0.15) is 0 Å². The van der Waals surface area contributed by atoms with Crippen LogP contribution in [-0.4, -0.2) is 54.1 Å². The van der Waals surface area contributed by atoms with Gasteiger partial charge in [0.15, 0.2) is 0 Å². The molecule has 174 valence electrons. The number of carbonyl (C=O) groups excluding carboxylic acids is 2. The summed E-state index contributed by atoms with van der Waals surface area (Å²) in [6.07, 6.45) is 4.26. The van der Waals surface area contributed by atoms with Crippen molar-refractivity contribution in [2.45, 2.75) is 51.0 Å². The molecule has 1 aromatic heterocycles. The number of nitrogens with zero attached hydrogens (tertiary/aromatic N) is 3. The van der Waals surface area contributed by atoms with E-state index in [9.17, 15) is 18.0 Å². The number of carbonyl (C=O) groups is 2. The van der Waals surface area contributed by atoms with Crippen LogP contribution >= 0.6 is 0 Å². The van der Waals surface area contributed by atoms with E-state index in [4.69, 9.17) is 4.74 Å². The van der Waals surface area contributed by atoms with Crippen molar-refractivity contribution in [3.05, 3.63) is 42.2 Å². The normalized spacial score (nSPS) is 16.0. The quantitative estimate of drug-likeness (QED) is 0.661. The highest BCUT2D eigenvalue weighted by Gasteiger charge is 2.32. The molecular formula is C22H30N4O5S. The average Bonchev–Trinajstić information content (AvgIpc) is 3.23. The van der Waals surface area contributed by atoms with Gasteiger partial charge in [-0.15, -0.1) is 0 Å². The maximum atomic E-state index is 13.0. The lowest BCUT2D eigenvalue weighted by Gasteiger charge is -2.30. The Bertz CT molecular complexity index is 1060. The van der Waals surface area contributed by atoms with Crippen molar-refractivity contribution in [1.82, 2.24) is 14.1 Å². The van der Waals surface area contributed by atoms with Crippen molar-refractivity contribution in [1.29, 1.82) is 0 Å². The molecular weight excluding hydrogens is 432 g/mol. The Morgan fingerprint density at radius 1 is 1.16 bits per heavy atom. The molecule has 10 heteroatoms. The number of esters is 1. The number of sulfonamides is 1. The second kappa shape index (κ2) is 9.41. The number of piperidine rings is 1. The van der Waals surface area contributed by atoms with E-state index < -0.39 is 16.0 Å². The largest absolute Gasteiger partial charge is 0.462 e. The number of rotatable bonds is 6.